The van der Waals surface area contributed by atoms with Crippen LogP contribution in [0.3, 0.4) is 0 Å². The van der Waals surface area contributed by atoms with E-state index in [-0.39, 0.29) is 11.5 Å². The van der Waals surface area contributed by atoms with Crippen molar-refractivity contribution in [3.05, 3.63) is 47.8 Å². The van der Waals surface area contributed by atoms with E-state index in [4.69, 9.17) is 5.84 Å². The molecule has 1 unspecified atom stereocenters. The predicted octanol–water partition coefficient (Wildman–Crippen LogP) is 1.44. The second-order valence-corrected chi connectivity index (χ2v) is 5.26. The summed E-state index contributed by atoms with van der Waals surface area (Å²) in [7, 11) is 1.91. The fourth-order valence-corrected chi connectivity index (χ4v) is 3.16. The lowest BCUT2D eigenvalue weighted by Gasteiger charge is -2.47. The van der Waals surface area contributed by atoms with Gasteiger partial charge < -0.3 is 0 Å². The molecule has 5 heteroatoms. The van der Waals surface area contributed by atoms with Crippen molar-refractivity contribution in [2.75, 3.05) is 0 Å². The fourth-order valence-electron chi connectivity index (χ4n) is 3.16. The average molecular weight is 257 g/mol. The molecule has 1 aromatic heterocycles. The van der Waals surface area contributed by atoms with Crippen LogP contribution in [0.5, 0.6) is 0 Å². The number of benzene rings is 1. The molecule has 0 saturated heterocycles. The molecular weight excluding hydrogens is 238 g/mol. The second-order valence-electron chi connectivity index (χ2n) is 5.26. The molecular formula is C14H19N5. The van der Waals surface area contributed by atoms with Crippen LogP contribution >= 0.6 is 0 Å². The number of hydrogen-bond donors (Lipinski definition) is 2. The zero-order valence-corrected chi connectivity index (χ0v) is 11.1. The van der Waals surface area contributed by atoms with Crippen molar-refractivity contribution >= 4 is 0 Å². The van der Waals surface area contributed by atoms with Crippen LogP contribution in [0.2, 0.25) is 0 Å². The van der Waals surface area contributed by atoms with Crippen LogP contribution in [-0.4, -0.2) is 15.0 Å². The molecule has 1 fully saturated rings. The normalized spacial score (nSPS) is 18.8. The molecule has 1 saturated carbocycles. The number of rotatable bonds is 4. The summed E-state index contributed by atoms with van der Waals surface area (Å²) in [5.74, 6) is 5.85. The summed E-state index contributed by atoms with van der Waals surface area (Å²) in [5, 5.41) is 8.00. The van der Waals surface area contributed by atoms with Crippen molar-refractivity contribution in [3.8, 4) is 0 Å². The van der Waals surface area contributed by atoms with Crippen molar-refractivity contribution in [2.45, 2.75) is 30.7 Å². The Morgan fingerprint density at radius 3 is 2.53 bits per heavy atom. The van der Waals surface area contributed by atoms with Gasteiger partial charge in [-0.05, 0) is 18.4 Å². The lowest BCUT2D eigenvalue weighted by atomic mass is 9.59. The van der Waals surface area contributed by atoms with Gasteiger partial charge in [-0.2, -0.15) is 0 Å². The van der Waals surface area contributed by atoms with Crippen LogP contribution in [0.4, 0.5) is 0 Å². The third kappa shape index (κ3) is 1.86. The molecule has 3 rings (SSSR count). The summed E-state index contributed by atoms with van der Waals surface area (Å²) in [6, 6.07) is 10.6. The van der Waals surface area contributed by atoms with Gasteiger partial charge in [-0.25, -0.2) is 0 Å². The maximum atomic E-state index is 5.85. The SMILES string of the molecule is Cn1nncc1C(NN)C1(c2ccccc2)CCC1. The van der Waals surface area contributed by atoms with Crippen LogP contribution in [0.15, 0.2) is 36.5 Å². The molecule has 5 nitrogen and oxygen atoms in total. The first-order valence-corrected chi connectivity index (χ1v) is 6.64. The number of hydrazine groups is 1. The quantitative estimate of drug-likeness (QED) is 0.642. The highest BCUT2D eigenvalue weighted by molar-refractivity contribution is 5.33. The van der Waals surface area contributed by atoms with Crippen LogP contribution in [0.25, 0.3) is 0 Å². The molecule has 1 aliphatic carbocycles. The Labute approximate surface area is 112 Å². The van der Waals surface area contributed by atoms with E-state index in [1.165, 1.54) is 12.0 Å². The maximum Gasteiger partial charge on any atom is 0.0775 e. The number of aryl methyl sites for hydroxylation is 1. The van der Waals surface area contributed by atoms with Gasteiger partial charge in [0.2, 0.25) is 0 Å². The van der Waals surface area contributed by atoms with E-state index in [0.29, 0.717) is 0 Å². The number of nitrogens with one attached hydrogen (secondary N) is 1. The Balaban J connectivity index is 2.04. The van der Waals surface area contributed by atoms with Gasteiger partial charge in [-0.3, -0.25) is 16.0 Å². The van der Waals surface area contributed by atoms with E-state index >= 15 is 0 Å². The van der Waals surface area contributed by atoms with Gasteiger partial charge >= 0.3 is 0 Å². The minimum Gasteiger partial charge on any atom is -0.271 e. The van der Waals surface area contributed by atoms with Crippen LogP contribution in [0, 0.1) is 0 Å². The average Bonchev–Trinajstić information content (AvgIpc) is 2.81. The summed E-state index contributed by atoms with van der Waals surface area (Å²) in [6.07, 6.45) is 5.31. The third-order valence-corrected chi connectivity index (χ3v) is 4.36. The highest BCUT2D eigenvalue weighted by Crippen LogP contribution is 2.51. The first kappa shape index (κ1) is 12.3. The zero-order valence-electron chi connectivity index (χ0n) is 11.1. The molecule has 1 heterocycles. The maximum absolute atomic E-state index is 5.85. The molecule has 0 bridgehead atoms. The topological polar surface area (TPSA) is 68.8 Å². The lowest BCUT2D eigenvalue weighted by molar-refractivity contribution is 0.164. The monoisotopic (exact) mass is 257 g/mol. The Hall–Kier alpha value is -1.72. The summed E-state index contributed by atoms with van der Waals surface area (Å²) in [4.78, 5) is 0. The van der Waals surface area contributed by atoms with Gasteiger partial charge in [0.05, 0.1) is 17.9 Å². The van der Waals surface area contributed by atoms with Crippen LogP contribution in [-0.2, 0) is 12.5 Å². The van der Waals surface area contributed by atoms with Crippen molar-refractivity contribution in [1.29, 1.82) is 0 Å². The number of aromatic nitrogens is 3. The molecule has 100 valence electrons. The second kappa shape index (κ2) is 4.75. The summed E-state index contributed by atoms with van der Waals surface area (Å²) in [5.41, 5.74) is 5.42. The Bertz CT molecular complexity index is 544. The summed E-state index contributed by atoms with van der Waals surface area (Å²) in [6.45, 7) is 0. The van der Waals surface area contributed by atoms with Gasteiger partial charge in [0, 0.05) is 12.5 Å². The highest BCUT2D eigenvalue weighted by Gasteiger charge is 2.46. The standard InChI is InChI=1S/C14H19N5/c1-19-12(10-16-18-19)13(17-15)14(8-5-9-14)11-6-3-2-4-7-11/h2-4,6-7,10,13,17H,5,8-9,15H2,1H3. The van der Waals surface area contributed by atoms with Gasteiger partial charge in [0.15, 0.2) is 0 Å². The van der Waals surface area contributed by atoms with Crippen molar-refractivity contribution in [2.24, 2.45) is 12.9 Å². The van der Waals surface area contributed by atoms with Crippen molar-refractivity contribution in [1.82, 2.24) is 20.4 Å². The summed E-state index contributed by atoms with van der Waals surface area (Å²) < 4.78 is 1.80. The zero-order chi connectivity index (χ0) is 13.3. The number of nitrogens with zero attached hydrogens (tertiary/aromatic N) is 3. The molecule has 0 radical (unpaired) electrons. The number of nitrogens with two attached hydrogens (primary N) is 1. The molecule has 0 aliphatic heterocycles. The van der Waals surface area contributed by atoms with E-state index in [1.807, 2.05) is 13.1 Å². The van der Waals surface area contributed by atoms with Crippen molar-refractivity contribution in [3.63, 3.8) is 0 Å². The van der Waals surface area contributed by atoms with Gasteiger partial charge in [0.25, 0.3) is 0 Å². The molecule has 2 aromatic rings. The van der Waals surface area contributed by atoms with Gasteiger partial charge in [-0.1, -0.05) is 42.0 Å². The summed E-state index contributed by atoms with van der Waals surface area (Å²) >= 11 is 0. The van der Waals surface area contributed by atoms with E-state index in [9.17, 15) is 0 Å². The van der Waals surface area contributed by atoms with Crippen molar-refractivity contribution < 1.29 is 0 Å². The predicted molar refractivity (Wildman–Crippen MR) is 73.0 cm³/mol. The Morgan fingerprint density at radius 1 is 1.32 bits per heavy atom. The molecule has 0 amide bonds. The Morgan fingerprint density at radius 2 is 2.05 bits per heavy atom. The molecule has 1 atom stereocenters. The van der Waals surface area contributed by atoms with E-state index in [2.05, 4.69) is 40.0 Å². The third-order valence-electron chi connectivity index (χ3n) is 4.36. The molecule has 3 N–H and O–H groups in total. The first-order chi connectivity index (χ1) is 9.28. The van der Waals surface area contributed by atoms with Crippen LogP contribution < -0.4 is 11.3 Å². The molecule has 1 aromatic carbocycles. The van der Waals surface area contributed by atoms with E-state index < -0.39 is 0 Å². The number of hydrogen-bond acceptors (Lipinski definition) is 4. The lowest BCUT2D eigenvalue weighted by Crippen LogP contribution is -2.49. The largest absolute Gasteiger partial charge is 0.271 e. The molecule has 1 aliphatic rings. The molecule has 0 spiro atoms. The van der Waals surface area contributed by atoms with E-state index in [0.717, 1.165) is 18.5 Å². The van der Waals surface area contributed by atoms with Crippen LogP contribution in [0.1, 0.15) is 36.6 Å². The highest BCUT2D eigenvalue weighted by atomic mass is 15.4. The fraction of sp³-hybridized carbons (Fsp3) is 0.429. The first-order valence-electron chi connectivity index (χ1n) is 6.64. The van der Waals surface area contributed by atoms with Gasteiger partial charge in [-0.15, -0.1) is 5.10 Å². The molecule has 19 heavy (non-hydrogen) atoms. The Kier molecular flexibility index (Phi) is 3.08. The smallest absolute Gasteiger partial charge is 0.0775 e. The van der Waals surface area contributed by atoms with Gasteiger partial charge in [0.1, 0.15) is 0 Å². The minimum atomic E-state index is 0.0450. The minimum absolute atomic E-state index is 0.0450. The van der Waals surface area contributed by atoms with E-state index in [1.54, 1.807) is 10.9 Å².